The Bertz CT molecular complexity index is 803. The van der Waals surface area contributed by atoms with E-state index in [0.717, 1.165) is 28.2 Å². The number of carbonyl (C=O) groups excluding carboxylic acids is 2. The number of nitrogens with one attached hydrogen (secondary N) is 1. The lowest BCUT2D eigenvalue weighted by Crippen LogP contribution is -2.30. The highest BCUT2D eigenvalue weighted by atomic mass is 79.9. The number of anilines is 1. The van der Waals surface area contributed by atoms with E-state index in [1.165, 1.54) is 19.1 Å². The first-order chi connectivity index (χ1) is 11.9. The Morgan fingerprint density at radius 2 is 1.80 bits per heavy atom. The van der Waals surface area contributed by atoms with E-state index in [0.29, 0.717) is 0 Å². The number of ether oxygens (including phenoxy) is 1. The smallest absolute Gasteiger partial charge is 0.331 e. The summed E-state index contributed by atoms with van der Waals surface area (Å²) in [7, 11) is 0. The molecule has 1 atom stereocenters. The van der Waals surface area contributed by atoms with Gasteiger partial charge in [-0.25, -0.2) is 13.6 Å². The molecule has 4 nitrogen and oxygen atoms in total. The number of hydrogen-bond donors (Lipinski definition) is 1. The Kier molecular flexibility index (Phi) is 6.41. The normalized spacial score (nSPS) is 12.0. The molecule has 25 heavy (non-hydrogen) atoms. The van der Waals surface area contributed by atoms with Crippen LogP contribution in [-0.4, -0.2) is 18.0 Å². The third-order valence-corrected chi connectivity index (χ3v) is 3.63. The van der Waals surface area contributed by atoms with Crippen molar-refractivity contribution in [1.82, 2.24) is 0 Å². The monoisotopic (exact) mass is 409 g/mol. The Morgan fingerprint density at radius 1 is 1.16 bits per heavy atom. The average molecular weight is 410 g/mol. The lowest BCUT2D eigenvalue weighted by molar-refractivity contribution is -0.148. The zero-order valence-corrected chi connectivity index (χ0v) is 14.7. The van der Waals surface area contributed by atoms with Crippen LogP contribution in [0.3, 0.4) is 0 Å². The minimum atomic E-state index is -1.22. The molecule has 0 aliphatic carbocycles. The predicted octanol–water partition coefficient (Wildman–Crippen LogP) is 4.31. The molecule has 0 spiro atoms. The fourth-order valence-electron chi connectivity index (χ4n) is 1.88. The Morgan fingerprint density at radius 3 is 2.44 bits per heavy atom. The number of carbonyl (C=O) groups is 2. The molecule has 0 heterocycles. The number of rotatable bonds is 5. The highest BCUT2D eigenvalue weighted by Gasteiger charge is 2.19. The zero-order valence-electron chi connectivity index (χ0n) is 13.1. The Hall–Kier alpha value is -2.54. The molecule has 0 saturated heterocycles. The molecule has 0 unspecified atom stereocenters. The lowest BCUT2D eigenvalue weighted by atomic mass is 10.2. The molecular weight excluding hydrogens is 396 g/mol. The molecule has 2 aromatic carbocycles. The minimum absolute atomic E-state index is 0.583. The molecule has 2 aromatic rings. The van der Waals surface area contributed by atoms with Crippen LogP contribution >= 0.6 is 15.9 Å². The van der Waals surface area contributed by atoms with Crippen molar-refractivity contribution in [3.63, 3.8) is 0 Å². The summed E-state index contributed by atoms with van der Waals surface area (Å²) >= 11 is 3.31. The standard InChI is InChI=1S/C18H14BrF2NO3/c1-11(18(24)22-17-14(20)6-3-7-15(17)21)25-16(23)9-8-12-4-2-5-13(19)10-12/h2-11H,1H3,(H,22,24)/b9-8+/t11-/m1/s1. The molecule has 7 heteroatoms. The van der Waals surface area contributed by atoms with Crippen LogP contribution in [0, 0.1) is 11.6 Å². The zero-order chi connectivity index (χ0) is 18.4. The molecule has 0 saturated carbocycles. The summed E-state index contributed by atoms with van der Waals surface area (Å²) < 4.78 is 32.8. The first-order valence-corrected chi connectivity index (χ1v) is 8.05. The van der Waals surface area contributed by atoms with Gasteiger partial charge in [-0.15, -0.1) is 0 Å². The maximum atomic E-state index is 13.5. The van der Waals surface area contributed by atoms with Gasteiger partial charge in [-0.3, -0.25) is 4.79 Å². The highest BCUT2D eigenvalue weighted by molar-refractivity contribution is 9.10. The van der Waals surface area contributed by atoms with E-state index in [-0.39, 0.29) is 0 Å². The Labute approximate surface area is 151 Å². The van der Waals surface area contributed by atoms with E-state index in [1.807, 2.05) is 6.07 Å². The summed E-state index contributed by atoms with van der Waals surface area (Å²) in [6.45, 7) is 1.30. The third-order valence-electron chi connectivity index (χ3n) is 3.13. The van der Waals surface area contributed by atoms with Gasteiger partial charge in [0.15, 0.2) is 6.10 Å². The summed E-state index contributed by atoms with van der Waals surface area (Å²) in [5.41, 5.74) is 0.178. The average Bonchev–Trinajstić information content (AvgIpc) is 2.56. The van der Waals surface area contributed by atoms with Crippen LogP contribution in [-0.2, 0) is 14.3 Å². The van der Waals surface area contributed by atoms with Crippen LogP contribution < -0.4 is 5.32 Å². The van der Waals surface area contributed by atoms with Crippen molar-refractivity contribution in [3.05, 3.63) is 70.2 Å². The van der Waals surface area contributed by atoms with Crippen LogP contribution in [0.15, 0.2) is 53.0 Å². The van der Waals surface area contributed by atoms with Gasteiger partial charge >= 0.3 is 5.97 Å². The maximum Gasteiger partial charge on any atom is 0.331 e. The molecule has 1 N–H and O–H groups in total. The summed E-state index contributed by atoms with van der Waals surface area (Å²) in [6, 6.07) is 10.4. The fourth-order valence-corrected chi connectivity index (χ4v) is 2.30. The van der Waals surface area contributed by atoms with Crippen molar-refractivity contribution < 1.29 is 23.1 Å². The molecule has 0 aliphatic heterocycles. The number of para-hydroxylation sites is 1. The van der Waals surface area contributed by atoms with Crippen LogP contribution in [0.1, 0.15) is 12.5 Å². The second-order valence-corrected chi connectivity index (χ2v) is 5.97. The number of benzene rings is 2. The van der Waals surface area contributed by atoms with Gasteiger partial charge in [-0.1, -0.05) is 34.1 Å². The highest BCUT2D eigenvalue weighted by Crippen LogP contribution is 2.18. The number of esters is 1. The second kappa shape index (κ2) is 8.53. The van der Waals surface area contributed by atoms with Crippen LogP contribution in [0.4, 0.5) is 14.5 Å². The topological polar surface area (TPSA) is 55.4 Å². The predicted molar refractivity (Wildman–Crippen MR) is 93.7 cm³/mol. The van der Waals surface area contributed by atoms with Gasteiger partial charge in [0.05, 0.1) is 0 Å². The first-order valence-electron chi connectivity index (χ1n) is 7.26. The Balaban J connectivity index is 1.95. The summed E-state index contributed by atoms with van der Waals surface area (Å²) in [6.07, 6.45) is 1.46. The second-order valence-electron chi connectivity index (χ2n) is 5.05. The molecule has 0 fully saturated rings. The van der Waals surface area contributed by atoms with Gasteiger partial charge in [-0.05, 0) is 42.8 Å². The molecule has 2 rings (SSSR count). The molecule has 0 bridgehead atoms. The number of amides is 1. The fraction of sp³-hybridized carbons (Fsp3) is 0.111. The van der Waals surface area contributed by atoms with Gasteiger partial charge in [-0.2, -0.15) is 0 Å². The summed E-state index contributed by atoms with van der Waals surface area (Å²) in [5, 5.41) is 2.07. The van der Waals surface area contributed by atoms with Crippen molar-refractivity contribution in [3.8, 4) is 0 Å². The van der Waals surface area contributed by atoms with Gasteiger partial charge in [0.25, 0.3) is 5.91 Å². The molecule has 1 amide bonds. The lowest BCUT2D eigenvalue weighted by Gasteiger charge is -2.13. The van der Waals surface area contributed by atoms with E-state index in [1.54, 1.807) is 18.2 Å². The van der Waals surface area contributed by atoms with Crippen molar-refractivity contribution in [1.29, 1.82) is 0 Å². The van der Waals surface area contributed by atoms with Gasteiger partial charge in [0.2, 0.25) is 0 Å². The first kappa shape index (κ1) is 18.8. The van der Waals surface area contributed by atoms with E-state index >= 15 is 0 Å². The SMILES string of the molecule is C[C@@H](OC(=O)/C=C/c1cccc(Br)c1)C(=O)Nc1c(F)cccc1F. The molecule has 0 aliphatic rings. The molecule has 0 radical (unpaired) electrons. The number of hydrogen-bond acceptors (Lipinski definition) is 3. The van der Waals surface area contributed by atoms with Gasteiger partial charge < -0.3 is 10.1 Å². The molecular formula is C18H14BrF2NO3. The van der Waals surface area contributed by atoms with E-state index in [2.05, 4.69) is 21.2 Å². The van der Waals surface area contributed by atoms with E-state index in [4.69, 9.17) is 4.74 Å². The number of halogens is 3. The molecule has 130 valence electrons. The van der Waals surface area contributed by atoms with E-state index in [9.17, 15) is 18.4 Å². The third kappa shape index (κ3) is 5.49. The minimum Gasteiger partial charge on any atom is -0.449 e. The van der Waals surface area contributed by atoms with Crippen LogP contribution in [0.25, 0.3) is 6.08 Å². The van der Waals surface area contributed by atoms with Crippen LogP contribution in [0.2, 0.25) is 0 Å². The largest absolute Gasteiger partial charge is 0.449 e. The van der Waals surface area contributed by atoms with Crippen molar-refractivity contribution in [2.45, 2.75) is 13.0 Å². The van der Waals surface area contributed by atoms with Crippen molar-refractivity contribution >= 4 is 39.6 Å². The maximum absolute atomic E-state index is 13.5. The van der Waals surface area contributed by atoms with E-state index < -0.39 is 35.3 Å². The van der Waals surface area contributed by atoms with Crippen molar-refractivity contribution in [2.75, 3.05) is 5.32 Å². The van der Waals surface area contributed by atoms with Crippen LogP contribution in [0.5, 0.6) is 0 Å². The quantitative estimate of drug-likeness (QED) is 0.591. The summed E-state index contributed by atoms with van der Waals surface area (Å²) in [4.78, 5) is 23.7. The van der Waals surface area contributed by atoms with Crippen molar-refractivity contribution in [2.24, 2.45) is 0 Å². The molecule has 0 aromatic heterocycles. The van der Waals surface area contributed by atoms with Gasteiger partial charge in [0, 0.05) is 10.5 Å². The summed E-state index contributed by atoms with van der Waals surface area (Å²) in [5.74, 6) is -3.42. The van der Waals surface area contributed by atoms with Gasteiger partial charge in [0.1, 0.15) is 17.3 Å².